The molecule has 0 aromatic carbocycles. The second kappa shape index (κ2) is 7.22. The summed E-state index contributed by atoms with van der Waals surface area (Å²) >= 11 is 1.26. The molecule has 0 spiro atoms. The van der Waals surface area contributed by atoms with Crippen LogP contribution in [0.4, 0.5) is 20.4 Å². The molecular weight excluding hydrogens is 374 g/mol. The Kier molecular flexibility index (Phi) is 4.77. The number of anilines is 2. The molecule has 3 aromatic heterocycles. The number of thioether (sulfide) groups is 1. The minimum absolute atomic E-state index is 0.236. The van der Waals surface area contributed by atoms with Gasteiger partial charge < -0.3 is 9.80 Å². The van der Waals surface area contributed by atoms with Gasteiger partial charge in [-0.2, -0.15) is 5.10 Å². The number of alkyl halides is 2. The molecule has 1 aliphatic rings. The maximum atomic E-state index is 13.1. The standard InChI is InChI=1S/C16H18F2N8S/c1-24-14-10(8-21-24)15(20-9-19-14)26-5-3-25(4-6-26)12-7-11(13(17)18)22-16(23-12)27-2/h7-9,13H,3-6H2,1-2H3. The number of piperazine rings is 1. The highest BCUT2D eigenvalue weighted by Gasteiger charge is 2.23. The molecule has 0 N–H and O–H groups in total. The highest BCUT2D eigenvalue weighted by atomic mass is 32.2. The molecule has 11 heteroatoms. The quantitative estimate of drug-likeness (QED) is 0.494. The average molecular weight is 392 g/mol. The fourth-order valence-corrected chi connectivity index (χ4v) is 3.53. The van der Waals surface area contributed by atoms with E-state index in [0.29, 0.717) is 37.2 Å². The molecule has 8 nitrogen and oxygen atoms in total. The smallest absolute Gasteiger partial charge is 0.280 e. The Morgan fingerprint density at radius 2 is 1.81 bits per heavy atom. The van der Waals surface area contributed by atoms with Crippen molar-refractivity contribution in [2.24, 2.45) is 7.05 Å². The molecule has 0 aliphatic carbocycles. The van der Waals surface area contributed by atoms with E-state index in [1.54, 1.807) is 17.1 Å². The number of hydrogen-bond donors (Lipinski definition) is 0. The van der Waals surface area contributed by atoms with Crippen molar-refractivity contribution in [3.63, 3.8) is 0 Å². The zero-order valence-corrected chi connectivity index (χ0v) is 15.7. The van der Waals surface area contributed by atoms with Gasteiger partial charge in [0.2, 0.25) is 0 Å². The minimum atomic E-state index is -2.61. The van der Waals surface area contributed by atoms with Crippen LogP contribution in [0.15, 0.2) is 23.7 Å². The first kappa shape index (κ1) is 17.8. The molecule has 1 saturated heterocycles. The molecule has 0 unspecified atom stereocenters. The SMILES string of the molecule is CSc1nc(C(F)F)cc(N2CCN(c3ncnc4c3cnn4C)CC2)n1. The summed E-state index contributed by atoms with van der Waals surface area (Å²) in [5.41, 5.74) is 0.545. The summed E-state index contributed by atoms with van der Waals surface area (Å²) in [5.74, 6) is 1.38. The first-order valence-electron chi connectivity index (χ1n) is 8.40. The van der Waals surface area contributed by atoms with Crippen molar-refractivity contribution in [2.45, 2.75) is 11.6 Å². The summed E-state index contributed by atoms with van der Waals surface area (Å²) in [7, 11) is 1.84. The average Bonchev–Trinajstić information content (AvgIpc) is 3.09. The van der Waals surface area contributed by atoms with E-state index in [0.717, 1.165) is 16.9 Å². The van der Waals surface area contributed by atoms with Gasteiger partial charge in [-0.05, 0) is 6.26 Å². The van der Waals surface area contributed by atoms with Crippen LogP contribution in [0.2, 0.25) is 0 Å². The fraction of sp³-hybridized carbons (Fsp3) is 0.438. The lowest BCUT2D eigenvalue weighted by molar-refractivity contribution is 0.145. The van der Waals surface area contributed by atoms with Crippen LogP contribution in [0.3, 0.4) is 0 Å². The lowest BCUT2D eigenvalue weighted by atomic mass is 10.2. The van der Waals surface area contributed by atoms with E-state index in [4.69, 9.17) is 0 Å². The van der Waals surface area contributed by atoms with E-state index >= 15 is 0 Å². The largest absolute Gasteiger partial charge is 0.353 e. The number of aryl methyl sites for hydroxylation is 1. The third-order valence-corrected chi connectivity index (χ3v) is 5.08. The van der Waals surface area contributed by atoms with Crippen molar-refractivity contribution in [1.82, 2.24) is 29.7 Å². The van der Waals surface area contributed by atoms with Crippen molar-refractivity contribution in [1.29, 1.82) is 0 Å². The summed E-state index contributed by atoms with van der Waals surface area (Å²) in [5, 5.41) is 5.51. The molecule has 3 aromatic rings. The third-order valence-electron chi connectivity index (χ3n) is 4.53. The number of aromatic nitrogens is 6. The summed E-state index contributed by atoms with van der Waals surface area (Å²) in [6, 6.07) is 1.38. The molecule has 4 heterocycles. The molecule has 0 saturated carbocycles. The molecule has 0 amide bonds. The van der Waals surface area contributed by atoms with Gasteiger partial charge in [0.25, 0.3) is 6.43 Å². The second-order valence-corrected chi connectivity index (χ2v) is 6.89. The minimum Gasteiger partial charge on any atom is -0.353 e. The number of fused-ring (bicyclic) bond motifs is 1. The Bertz CT molecular complexity index is 955. The van der Waals surface area contributed by atoms with Crippen LogP contribution >= 0.6 is 11.8 Å². The predicted octanol–water partition coefficient (Wildman–Crippen LogP) is 2.14. The summed E-state index contributed by atoms with van der Waals surface area (Å²) in [6.45, 7) is 2.70. The lowest BCUT2D eigenvalue weighted by Gasteiger charge is -2.36. The van der Waals surface area contributed by atoms with Crippen LogP contribution < -0.4 is 9.80 Å². The molecule has 27 heavy (non-hydrogen) atoms. The predicted molar refractivity (Wildman–Crippen MR) is 99.5 cm³/mol. The van der Waals surface area contributed by atoms with Gasteiger partial charge in [0.15, 0.2) is 10.8 Å². The van der Waals surface area contributed by atoms with Gasteiger partial charge >= 0.3 is 0 Å². The summed E-state index contributed by atoms with van der Waals surface area (Å²) < 4.78 is 27.9. The maximum Gasteiger partial charge on any atom is 0.280 e. The van der Waals surface area contributed by atoms with Gasteiger partial charge in [-0.15, -0.1) is 0 Å². The summed E-state index contributed by atoms with van der Waals surface area (Å²) in [6.07, 6.45) is 2.47. The third kappa shape index (κ3) is 3.38. The monoisotopic (exact) mass is 392 g/mol. The van der Waals surface area contributed by atoms with Gasteiger partial charge in [0.1, 0.15) is 23.7 Å². The normalized spacial score (nSPS) is 15.1. The molecule has 142 valence electrons. The van der Waals surface area contributed by atoms with E-state index in [9.17, 15) is 8.78 Å². The Labute approximate surface area is 158 Å². The molecule has 4 rings (SSSR count). The zero-order chi connectivity index (χ0) is 19.0. The van der Waals surface area contributed by atoms with Gasteiger partial charge in [0.05, 0.1) is 11.6 Å². The van der Waals surface area contributed by atoms with E-state index < -0.39 is 6.43 Å². The highest BCUT2D eigenvalue weighted by Crippen LogP contribution is 2.27. The topological polar surface area (TPSA) is 75.9 Å². The number of nitrogens with zero attached hydrogens (tertiary/aromatic N) is 8. The second-order valence-electron chi connectivity index (χ2n) is 6.12. The highest BCUT2D eigenvalue weighted by molar-refractivity contribution is 7.98. The first-order valence-corrected chi connectivity index (χ1v) is 9.63. The van der Waals surface area contributed by atoms with E-state index in [1.807, 2.05) is 11.9 Å². The number of halogens is 2. The number of hydrogen-bond acceptors (Lipinski definition) is 8. The van der Waals surface area contributed by atoms with Gasteiger partial charge in [-0.1, -0.05) is 11.8 Å². The van der Waals surface area contributed by atoms with Crippen LogP contribution in [0.1, 0.15) is 12.1 Å². The Balaban J connectivity index is 1.54. The fourth-order valence-electron chi connectivity index (χ4n) is 3.14. The molecule has 0 atom stereocenters. The Morgan fingerprint density at radius 3 is 2.52 bits per heavy atom. The maximum absolute atomic E-state index is 13.1. The van der Waals surface area contributed by atoms with Crippen LogP contribution in [-0.2, 0) is 7.05 Å². The summed E-state index contributed by atoms with van der Waals surface area (Å²) in [4.78, 5) is 21.1. The molecule has 1 aliphatic heterocycles. The van der Waals surface area contributed by atoms with Crippen molar-refractivity contribution < 1.29 is 8.78 Å². The van der Waals surface area contributed by atoms with Crippen LogP contribution in [-0.4, -0.2) is 62.2 Å². The van der Waals surface area contributed by atoms with E-state index in [1.165, 1.54) is 24.2 Å². The zero-order valence-electron chi connectivity index (χ0n) is 14.9. The molecule has 1 fully saturated rings. The number of rotatable bonds is 4. The van der Waals surface area contributed by atoms with Crippen molar-refractivity contribution >= 4 is 34.4 Å². The van der Waals surface area contributed by atoms with Crippen molar-refractivity contribution in [3.05, 3.63) is 24.3 Å². The van der Waals surface area contributed by atoms with Crippen molar-refractivity contribution in [2.75, 3.05) is 42.2 Å². The van der Waals surface area contributed by atoms with Crippen LogP contribution in [0.25, 0.3) is 11.0 Å². The molecule has 0 bridgehead atoms. The van der Waals surface area contributed by atoms with Crippen LogP contribution in [0, 0.1) is 0 Å². The van der Waals surface area contributed by atoms with Gasteiger partial charge in [-0.25, -0.2) is 28.7 Å². The first-order chi connectivity index (χ1) is 13.1. The Morgan fingerprint density at radius 1 is 1.07 bits per heavy atom. The Hall–Kier alpha value is -2.56. The lowest BCUT2D eigenvalue weighted by Crippen LogP contribution is -2.47. The van der Waals surface area contributed by atoms with E-state index in [2.05, 4.69) is 29.9 Å². The molecular formula is C16H18F2N8S. The van der Waals surface area contributed by atoms with Gasteiger partial charge in [-0.3, -0.25) is 4.68 Å². The van der Waals surface area contributed by atoms with Gasteiger partial charge in [0, 0.05) is 39.3 Å². The van der Waals surface area contributed by atoms with Crippen molar-refractivity contribution in [3.8, 4) is 0 Å². The van der Waals surface area contributed by atoms with E-state index in [-0.39, 0.29) is 5.69 Å². The molecule has 0 radical (unpaired) electrons. The van der Waals surface area contributed by atoms with Crippen LogP contribution in [0.5, 0.6) is 0 Å².